The zero-order valence-electron chi connectivity index (χ0n) is 24.2. The van der Waals surface area contributed by atoms with E-state index in [-0.39, 0.29) is 28.9 Å². The molecular weight excluding hydrogens is 508 g/mol. The molecule has 3 aromatic rings. The maximum atomic E-state index is 13.2. The predicted octanol–water partition coefficient (Wildman–Crippen LogP) is 4.76. The van der Waals surface area contributed by atoms with Gasteiger partial charge in [0.05, 0.1) is 24.2 Å². The van der Waals surface area contributed by atoms with Crippen LogP contribution in [-0.4, -0.2) is 73.5 Å². The number of methoxy groups -OCH3 is 1. The lowest BCUT2D eigenvalue weighted by molar-refractivity contribution is -0.111. The number of ketones is 1. The lowest BCUT2D eigenvalue weighted by Crippen LogP contribution is -2.29. The van der Waals surface area contributed by atoms with Crippen LogP contribution in [0.15, 0.2) is 61.3 Å². The highest BCUT2D eigenvalue weighted by Gasteiger charge is 2.18. The average molecular weight is 547 g/mol. The van der Waals surface area contributed by atoms with Gasteiger partial charge in [0.25, 0.3) is 0 Å². The highest BCUT2D eigenvalue weighted by Crippen LogP contribution is 2.38. The summed E-state index contributed by atoms with van der Waals surface area (Å²) in [5, 5.41) is 5.99. The molecule has 0 aliphatic rings. The number of anilines is 4. The van der Waals surface area contributed by atoms with Crippen LogP contribution in [0.5, 0.6) is 11.5 Å². The first-order valence-corrected chi connectivity index (χ1v) is 12.9. The van der Waals surface area contributed by atoms with E-state index in [0.29, 0.717) is 28.4 Å². The van der Waals surface area contributed by atoms with Crippen molar-refractivity contribution in [2.45, 2.75) is 26.4 Å². The Balaban J connectivity index is 1.90. The van der Waals surface area contributed by atoms with Gasteiger partial charge in [0.1, 0.15) is 22.8 Å². The molecular formula is C30H38N6O4. The lowest BCUT2D eigenvalue weighted by Gasteiger charge is -2.26. The molecule has 0 fully saturated rings. The van der Waals surface area contributed by atoms with Gasteiger partial charge in [0.2, 0.25) is 17.6 Å². The Morgan fingerprint density at radius 3 is 2.33 bits per heavy atom. The van der Waals surface area contributed by atoms with Crippen molar-refractivity contribution in [3.8, 4) is 11.5 Å². The summed E-state index contributed by atoms with van der Waals surface area (Å²) < 4.78 is 11.5. The van der Waals surface area contributed by atoms with Gasteiger partial charge in [-0.25, -0.2) is 9.97 Å². The van der Waals surface area contributed by atoms with E-state index in [9.17, 15) is 9.59 Å². The molecule has 0 saturated carbocycles. The van der Waals surface area contributed by atoms with Crippen molar-refractivity contribution in [1.82, 2.24) is 14.9 Å². The van der Waals surface area contributed by atoms with Crippen LogP contribution >= 0.6 is 0 Å². The molecule has 0 radical (unpaired) electrons. The Labute approximate surface area is 236 Å². The third-order valence-electron chi connectivity index (χ3n) is 5.73. The van der Waals surface area contributed by atoms with E-state index in [2.05, 4.69) is 32.1 Å². The number of aromatic nitrogens is 2. The van der Waals surface area contributed by atoms with E-state index >= 15 is 0 Å². The van der Waals surface area contributed by atoms with Crippen molar-refractivity contribution < 1.29 is 19.1 Å². The normalized spacial score (nSPS) is 11.1. The maximum absolute atomic E-state index is 13.2. The van der Waals surface area contributed by atoms with E-state index in [0.717, 1.165) is 18.8 Å². The first-order valence-electron chi connectivity index (χ1n) is 12.9. The molecule has 0 aliphatic heterocycles. The Morgan fingerprint density at radius 1 is 1.02 bits per heavy atom. The van der Waals surface area contributed by atoms with Crippen LogP contribution in [0.2, 0.25) is 0 Å². The highest BCUT2D eigenvalue weighted by atomic mass is 16.5. The van der Waals surface area contributed by atoms with Gasteiger partial charge in [-0.1, -0.05) is 6.58 Å². The van der Waals surface area contributed by atoms with Crippen molar-refractivity contribution >= 4 is 34.7 Å². The van der Waals surface area contributed by atoms with E-state index in [1.165, 1.54) is 12.3 Å². The van der Waals surface area contributed by atoms with Gasteiger partial charge in [-0.05, 0) is 77.3 Å². The van der Waals surface area contributed by atoms with Gasteiger partial charge in [-0.15, -0.1) is 0 Å². The molecule has 2 aromatic carbocycles. The van der Waals surface area contributed by atoms with Crippen LogP contribution in [0.1, 0.15) is 36.8 Å². The van der Waals surface area contributed by atoms with Gasteiger partial charge >= 0.3 is 0 Å². The first kappa shape index (κ1) is 30.1. The molecule has 0 saturated heterocycles. The first-order chi connectivity index (χ1) is 18.9. The molecule has 10 nitrogen and oxygen atoms in total. The Morgan fingerprint density at radius 2 is 1.73 bits per heavy atom. The van der Waals surface area contributed by atoms with E-state index < -0.39 is 0 Å². The molecule has 3 rings (SSSR count). The third-order valence-corrected chi connectivity index (χ3v) is 5.73. The standard InChI is InChI=1S/C30H38N6O4/c1-9-27(37)32-23-18-24(26(39-8)19-25(23)36(7)17-16-35(5)6)34-29-31-15-14-22(33-29)28(38)20-10-12-21(13-11-20)40-30(2,3)4/h9-15,18-19H,1,16-17H2,2-8H3,(H,32,37)(H,31,33,34). The smallest absolute Gasteiger partial charge is 0.247 e. The largest absolute Gasteiger partial charge is 0.494 e. The van der Waals surface area contributed by atoms with Crippen LogP contribution in [0.25, 0.3) is 0 Å². The molecule has 1 amide bonds. The molecule has 0 atom stereocenters. The van der Waals surface area contributed by atoms with E-state index in [1.807, 2.05) is 52.9 Å². The minimum Gasteiger partial charge on any atom is -0.494 e. The fourth-order valence-electron chi connectivity index (χ4n) is 3.75. The Kier molecular flexibility index (Phi) is 9.84. The number of nitrogens with one attached hydrogen (secondary N) is 2. The van der Waals surface area contributed by atoms with Gasteiger partial charge < -0.3 is 29.9 Å². The number of likely N-dealkylation sites (N-methyl/N-ethyl adjacent to an activating group) is 2. The number of nitrogens with zero attached hydrogens (tertiary/aromatic N) is 4. The highest BCUT2D eigenvalue weighted by molar-refractivity contribution is 6.08. The SMILES string of the molecule is C=CC(=O)Nc1cc(Nc2nccc(C(=O)c3ccc(OC(C)(C)C)cc3)n2)c(OC)cc1N(C)CCN(C)C. The van der Waals surface area contributed by atoms with Gasteiger partial charge in [-0.3, -0.25) is 9.59 Å². The van der Waals surface area contributed by atoms with E-state index in [4.69, 9.17) is 9.47 Å². The molecule has 10 heteroatoms. The van der Waals surface area contributed by atoms with Crippen molar-refractivity contribution in [1.29, 1.82) is 0 Å². The number of amides is 1. The summed E-state index contributed by atoms with van der Waals surface area (Å²) in [6.45, 7) is 11.0. The monoisotopic (exact) mass is 546 g/mol. The molecule has 0 unspecified atom stereocenters. The summed E-state index contributed by atoms with van der Waals surface area (Å²) in [7, 11) is 7.49. The zero-order chi connectivity index (χ0) is 29.4. The summed E-state index contributed by atoms with van der Waals surface area (Å²) in [5.41, 5.74) is 2.19. The molecule has 0 spiro atoms. The van der Waals surface area contributed by atoms with Crippen LogP contribution in [0.4, 0.5) is 23.0 Å². The fraction of sp³-hybridized carbons (Fsp3) is 0.333. The maximum Gasteiger partial charge on any atom is 0.247 e. The predicted molar refractivity (Wildman–Crippen MR) is 159 cm³/mol. The number of carbonyl (C=O) groups excluding carboxylic acids is 2. The fourth-order valence-corrected chi connectivity index (χ4v) is 3.75. The Bertz CT molecular complexity index is 1350. The number of hydrogen-bond acceptors (Lipinski definition) is 9. The van der Waals surface area contributed by atoms with Crippen molar-refractivity contribution in [3.63, 3.8) is 0 Å². The topological polar surface area (TPSA) is 109 Å². The molecule has 0 aliphatic carbocycles. The van der Waals surface area contributed by atoms with Crippen LogP contribution in [-0.2, 0) is 4.79 Å². The van der Waals surface area contributed by atoms with Crippen molar-refractivity contribution in [2.75, 3.05) is 56.9 Å². The third kappa shape index (κ3) is 8.28. The molecule has 1 aromatic heterocycles. The summed E-state index contributed by atoms with van der Waals surface area (Å²) in [5.74, 6) is 0.790. The van der Waals surface area contributed by atoms with Gasteiger partial charge in [0.15, 0.2) is 0 Å². The summed E-state index contributed by atoms with van der Waals surface area (Å²) in [4.78, 5) is 38.2. The average Bonchev–Trinajstić information content (AvgIpc) is 2.91. The second-order valence-electron chi connectivity index (χ2n) is 10.4. The molecule has 1 heterocycles. The minimum absolute atomic E-state index is 0.201. The second-order valence-corrected chi connectivity index (χ2v) is 10.4. The summed E-state index contributed by atoms with van der Waals surface area (Å²) >= 11 is 0. The number of rotatable bonds is 12. The number of hydrogen-bond donors (Lipinski definition) is 2. The van der Waals surface area contributed by atoms with Crippen LogP contribution in [0, 0.1) is 0 Å². The quantitative estimate of drug-likeness (QED) is 0.245. The van der Waals surface area contributed by atoms with Crippen LogP contribution < -0.4 is 25.0 Å². The second kappa shape index (κ2) is 13.1. The van der Waals surface area contributed by atoms with E-state index in [1.54, 1.807) is 43.5 Å². The van der Waals surface area contributed by atoms with Crippen molar-refractivity contribution in [2.24, 2.45) is 0 Å². The molecule has 212 valence electrons. The molecule has 0 bridgehead atoms. The number of carbonyl (C=O) groups is 2. The minimum atomic E-state index is -0.346. The Hall–Kier alpha value is -4.44. The molecule has 2 N–H and O–H groups in total. The molecule has 40 heavy (non-hydrogen) atoms. The van der Waals surface area contributed by atoms with Gasteiger partial charge in [-0.2, -0.15) is 0 Å². The van der Waals surface area contributed by atoms with Crippen molar-refractivity contribution in [3.05, 3.63) is 72.6 Å². The number of benzene rings is 2. The zero-order valence-corrected chi connectivity index (χ0v) is 24.2. The summed E-state index contributed by atoms with van der Waals surface area (Å²) in [6, 6.07) is 12.1. The van der Waals surface area contributed by atoms with Crippen LogP contribution in [0.3, 0.4) is 0 Å². The lowest BCUT2D eigenvalue weighted by atomic mass is 10.1. The number of ether oxygens (including phenoxy) is 2. The summed E-state index contributed by atoms with van der Waals surface area (Å²) in [6.07, 6.45) is 2.72. The van der Waals surface area contributed by atoms with Gasteiger partial charge in [0, 0.05) is 38.0 Å².